The fraction of sp³-hybridized carbons (Fsp3) is 0.435. The molecule has 0 unspecified atom stereocenters. The van der Waals surface area contributed by atoms with Gasteiger partial charge in [-0.2, -0.15) is 0 Å². The predicted molar refractivity (Wildman–Crippen MR) is 130 cm³/mol. The number of guanidine groups is 1. The summed E-state index contributed by atoms with van der Waals surface area (Å²) in [5.74, 6) is 1.41. The van der Waals surface area contributed by atoms with Crippen molar-refractivity contribution in [2.45, 2.75) is 31.6 Å². The molecule has 0 spiro atoms. The van der Waals surface area contributed by atoms with Crippen LogP contribution in [-0.2, 0) is 16.6 Å². The first kappa shape index (κ1) is 23.5. The van der Waals surface area contributed by atoms with Gasteiger partial charge < -0.3 is 20.5 Å². The van der Waals surface area contributed by atoms with E-state index in [-0.39, 0.29) is 29.4 Å². The second-order valence-electron chi connectivity index (χ2n) is 7.46. The molecule has 0 amide bonds. The molecular formula is C23H32IN3O2. The van der Waals surface area contributed by atoms with Crippen LogP contribution in [0.1, 0.15) is 29.5 Å². The van der Waals surface area contributed by atoms with E-state index in [9.17, 15) is 0 Å². The number of nitrogens with one attached hydrogen (secondary N) is 1. The minimum absolute atomic E-state index is 0. The number of halogens is 1. The van der Waals surface area contributed by atoms with Gasteiger partial charge in [0.05, 0.1) is 13.7 Å². The lowest BCUT2D eigenvalue weighted by molar-refractivity contribution is 0.0522. The molecule has 0 saturated carbocycles. The summed E-state index contributed by atoms with van der Waals surface area (Å²) in [6.07, 6.45) is 2.74. The van der Waals surface area contributed by atoms with Crippen molar-refractivity contribution < 1.29 is 9.47 Å². The SMILES string of the molecule is COc1ccc(C)cc1C1(CN=C(N)NCCc2ccccc2)CCOCC1.I. The largest absolute Gasteiger partial charge is 0.496 e. The average molecular weight is 509 g/mol. The smallest absolute Gasteiger partial charge is 0.188 e. The van der Waals surface area contributed by atoms with Crippen LogP contribution in [0.5, 0.6) is 5.75 Å². The van der Waals surface area contributed by atoms with Crippen LogP contribution in [0.2, 0.25) is 0 Å². The van der Waals surface area contributed by atoms with Gasteiger partial charge in [-0.15, -0.1) is 24.0 Å². The van der Waals surface area contributed by atoms with Crippen molar-refractivity contribution in [1.82, 2.24) is 5.32 Å². The van der Waals surface area contributed by atoms with Crippen molar-refractivity contribution >= 4 is 29.9 Å². The van der Waals surface area contributed by atoms with E-state index >= 15 is 0 Å². The highest BCUT2D eigenvalue weighted by molar-refractivity contribution is 14.0. The summed E-state index contributed by atoms with van der Waals surface area (Å²) >= 11 is 0. The van der Waals surface area contributed by atoms with Crippen LogP contribution in [0.4, 0.5) is 0 Å². The maximum absolute atomic E-state index is 6.17. The molecule has 1 saturated heterocycles. The molecule has 0 radical (unpaired) electrons. The molecule has 158 valence electrons. The van der Waals surface area contributed by atoms with E-state index in [4.69, 9.17) is 20.2 Å². The molecule has 0 aliphatic carbocycles. The molecule has 0 bridgehead atoms. The van der Waals surface area contributed by atoms with Crippen molar-refractivity contribution in [3.63, 3.8) is 0 Å². The Bertz CT molecular complexity index is 790. The molecule has 0 aromatic heterocycles. The first-order valence-corrected chi connectivity index (χ1v) is 9.93. The Kier molecular flexibility index (Phi) is 9.23. The molecule has 3 N–H and O–H groups in total. The van der Waals surface area contributed by atoms with Gasteiger partial charge in [-0.25, -0.2) is 0 Å². The van der Waals surface area contributed by atoms with Crippen LogP contribution in [0.25, 0.3) is 0 Å². The summed E-state index contributed by atoms with van der Waals surface area (Å²) in [4.78, 5) is 4.70. The fourth-order valence-corrected chi connectivity index (χ4v) is 3.78. The van der Waals surface area contributed by atoms with Gasteiger partial charge in [0.15, 0.2) is 5.96 Å². The van der Waals surface area contributed by atoms with E-state index in [1.165, 1.54) is 16.7 Å². The highest BCUT2D eigenvalue weighted by Gasteiger charge is 2.37. The van der Waals surface area contributed by atoms with Crippen LogP contribution < -0.4 is 15.8 Å². The van der Waals surface area contributed by atoms with Crippen LogP contribution in [0, 0.1) is 6.92 Å². The standard InChI is InChI=1S/C23H31N3O2.HI/c1-18-8-9-21(27-2)20(16-18)23(11-14-28-15-12-23)17-26-22(24)25-13-10-19-6-4-3-5-7-19;/h3-9,16H,10-15,17H2,1-2H3,(H3,24,25,26);1H. The number of benzene rings is 2. The number of nitrogens with two attached hydrogens (primary N) is 1. The molecule has 1 fully saturated rings. The summed E-state index contributed by atoms with van der Waals surface area (Å²) < 4.78 is 11.3. The number of hydrogen-bond donors (Lipinski definition) is 2. The fourth-order valence-electron chi connectivity index (χ4n) is 3.78. The quantitative estimate of drug-likeness (QED) is 0.339. The molecule has 6 heteroatoms. The van der Waals surface area contributed by atoms with Crippen molar-refractivity contribution in [2.24, 2.45) is 10.7 Å². The number of ether oxygens (including phenoxy) is 2. The number of hydrogen-bond acceptors (Lipinski definition) is 3. The highest BCUT2D eigenvalue weighted by Crippen LogP contribution is 2.40. The van der Waals surface area contributed by atoms with Gasteiger partial charge in [0.2, 0.25) is 0 Å². The van der Waals surface area contributed by atoms with E-state index in [1.54, 1.807) is 7.11 Å². The van der Waals surface area contributed by atoms with Crippen molar-refractivity contribution in [1.29, 1.82) is 0 Å². The van der Waals surface area contributed by atoms with E-state index in [0.29, 0.717) is 12.5 Å². The lowest BCUT2D eigenvalue weighted by Crippen LogP contribution is -2.40. The van der Waals surface area contributed by atoms with Crippen LogP contribution in [-0.4, -0.2) is 39.4 Å². The number of aliphatic imine (C=N–C) groups is 1. The minimum Gasteiger partial charge on any atom is -0.496 e. The second-order valence-corrected chi connectivity index (χ2v) is 7.46. The average Bonchev–Trinajstić information content (AvgIpc) is 2.74. The van der Waals surface area contributed by atoms with Gasteiger partial charge in [-0.1, -0.05) is 48.0 Å². The number of aryl methyl sites for hydroxylation is 1. The van der Waals surface area contributed by atoms with E-state index in [2.05, 4.69) is 48.6 Å². The monoisotopic (exact) mass is 509 g/mol. The van der Waals surface area contributed by atoms with Gasteiger partial charge in [0, 0.05) is 30.7 Å². The minimum atomic E-state index is -0.110. The molecule has 1 heterocycles. The highest BCUT2D eigenvalue weighted by atomic mass is 127. The van der Waals surface area contributed by atoms with E-state index in [1.807, 2.05) is 12.1 Å². The Morgan fingerprint density at radius 3 is 2.59 bits per heavy atom. The van der Waals surface area contributed by atoms with Crippen LogP contribution >= 0.6 is 24.0 Å². The number of rotatable bonds is 7. The summed E-state index contributed by atoms with van der Waals surface area (Å²) in [6.45, 7) is 4.96. The lowest BCUT2D eigenvalue weighted by atomic mass is 9.73. The zero-order valence-electron chi connectivity index (χ0n) is 17.3. The van der Waals surface area contributed by atoms with Crippen molar-refractivity contribution in [3.8, 4) is 5.75 Å². The normalized spacial score (nSPS) is 16.0. The summed E-state index contributed by atoms with van der Waals surface area (Å²) in [7, 11) is 1.73. The predicted octanol–water partition coefficient (Wildman–Crippen LogP) is 3.82. The molecule has 3 rings (SSSR count). The molecule has 1 aliphatic heterocycles. The third kappa shape index (κ3) is 6.34. The Balaban J connectivity index is 0.00000300. The molecule has 2 aromatic carbocycles. The summed E-state index contributed by atoms with van der Waals surface area (Å²) in [6, 6.07) is 16.7. The number of nitrogens with zero attached hydrogens (tertiary/aromatic N) is 1. The van der Waals surface area contributed by atoms with E-state index < -0.39 is 0 Å². The topological polar surface area (TPSA) is 68.9 Å². The zero-order chi connectivity index (χ0) is 19.8. The molecule has 0 atom stereocenters. The van der Waals surface area contributed by atoms with E-state index in [0.717, 1.165) is 44.8 Å². The van der Waals surface area contributed by atoms with Crippen LogP contribution in [0.3, 0.4) is 0 Å². The van der Waals surface area contributed by atoms with Crippen molar-refractivity contribution in [3.05, 3.63) is 65.2 Å². The second kappa shape index (κ2) is 11.4. The Labute approximate surface area is 191 Å². The molecule has 29 heavy (non-hydrogen) atoms. The lowest BCUT2D eigenvalue weighted by Gasteiger charge is -2.37. The Morgan fingerprint density at radius 2 is 1.90 bits per heavy atom. The molecular weight excluding hydrogens is 477 g/mol. The first-order chi connectivity index (χ1) is 13.6. The maximum Gasteiger partial charge on any atom is 0.188 e. The third-order valence-electron chi connectivity index (χ3n) is 5.49. The molecule has 1 aliphatic rings. The van der Waals surface area contributed by atoms with Gasteiger partial charge in [0.1, 0.15) is 5.75 Å². The first-order valence-electron chi connectivity index (χ1n) is 9.93. The number of methoxy groups -OCH3 is 1. The zero-order valence-corrected chi connectivity index (χ0v) is 19.6. The summed E-state index contributed by atoms with van der Waals surface area (Å²) in [5.41, 5.74) is 9.77. The third-order valence-corrected chi connectivity index (χ3v) is 5.49. The van der Waals surface area contributed by atoms with Crippen molar-refractivity contribution in [2.75, 3.05) is 33.4 Å². The summed E-state index contributed by atoms with van der Waals surface area (Å²) in [5, 5.41) is 3.24. The Morgan fingerprint density at radius 1 is 1.17 bits per heavy atom. The van der Waals surface area contributed by atoms with Gasteiger partial charge in [-0.05, 0) is 37.8 Å². The van der Waals surface area contributed by atoms with Gasteiger partial charge in [-0.3, -0.25) is 4.99 Å². The Hall–Kier alpha value is -1.80. The van der Waals surface area contributed by atoms with Gasteiger partial charge in [0.25, 0.3) is 0 Å². The molecule has 5 nitrogen and oxygen atoms in total. The molecule has 2 aromatic rings. The van der Waals surface area contributed by atoms with Gasteiger partial charge >= 0.3 is 0 Å². The maximum atomic E-state index is 6.17. The van der Waals surface area contributed by atoms with Crippen LogP contribution in [0.15, 0.2) is 53.5 Å².